The van der Waals surface area contributed by atoms with Crippen LogP contribution in [0.2, 0.25) is 0 Å². The van der Waals surface area contributed by atoms with E-state index >= 15 is 0 Å². The van der Waals surface area contributed by atoms with Gasteiger partial charge in [-0.05, 0) is 18.2 Å². The van der Waals surface area contributed by atoms with Crippen LogP contribution < -0.4 is 20.5 Å². The molecule has 6 nitrogen and oxygen atoms in total. The molecule has 3 aromatic rings. The first-order valence-electron chi connectivity index (χ1n) is 9.34. The third kappa shape index (κ3) is 3.31. The van der Waals surface area contributed by atoms with Gasteiger partial charge < -0.3 is 10.5 Å². The van der Waals surface area contributed by atoms with E-state index in [0.717, 1.165) is 23.0 Å². The molecule has 1 aliphatic heterocycles. The van der Waals surface area contributed by atoms with Crippen LogP contribution in [0, 0.1) is 23.0 Å². The second kappa shape index (κ2) is 8.24. The normalized spacial score (nSPS) is 16.0. The Bertz CT molecular complexity index is 1510. The van der Waals surface area contributed by atoms with Crippen molar-refractivity contribution in [2.45, 2.75) is 5.92 Å². The summed E-state index contributed by atoms with van der Waals surface area (Å²) in [4.78, 5) is 25.9. The Labute approximate surface area is 184 Å². The Morgan fingerprint density at radius 2 is 1.84 bits per heavy atom. The third-order valence-electron chi connectivity index (χ3n) is 5.08. The lowest BCUT2D eigenvalue weighted by atomic mass is 9.83. The van der Waals surface area contributed by atoms with E-state index in [0.29, 0.717) is 0 Å². The van der Waals surface area contributed by atoms with Crippen molar-refractivity contribution in [2.24, 2.45) is 5.73 Å². The second-order valence-corrected chi connectivity index (χ2v) is 7.88. The summed E-state index contributed by atoms with van der Waals surface area (Å²) >= 11 is 0.882. The maximum atomic E-state index is 14.7. The average molecular weight is 451 g/mol. The largest absolute Gasteiger partial charge is 0.466 e. The van der Waals surface area contributed by atoms with Crippen molar-refractivity contribution >= 4 is 34.8 Å². The molecular formula is C23H15F2N3O3S. The second-order valence-electron chi connectivity index (χ2n) is 6.85. The Balaban J connectivity index is 2.15. The van der Waals surface area contributed by atoms with Crippen molar-refractivity contribution in [3.05, 3.63) is 96.4 Å². The molecule has 160 valence electrons. The van der Waals surface area contributed by atoms with Crippen LogP contribution in [0.5, 0.6) is 0 Å². The van der Waals surface area contributed by atoms with E-state index in [9.17, 15) is 23.6 Å². The van der Waals surface area contributed by atoms with Crippen molar-refractivity contribution in [3.8, 4) is 6.07 Å². The molecule has 0 spiro atoms. The van der Waals surface area contributed by atoms with E-state index in [1.807, 2.05) is 6.07 Å². The van der Waals surface area contributed by atoms with Crippen molar-refractivity contribution < 1.29 is 18.3 Å². The van der Waals surface area contributed by atoms with E-state index in [4.69, 9.17) is 10.5 Å². The lowest BCUT2D eigenvalue weighted by molar-refractivity contribution is -0.134. The monoisotopic (exact) mass is 451 g/mol. The van der Waals surface area contributed by atoms with Gasteiger partial charge in [0.1, 0.15) is 22.1 Å². The topological polar surface area (TPSA) is 98.1 Å². The highest BCUT2D eigenvalue weighted by molar-refractivity contribution is 7.07. The highest BCUT2D eigenvalue weighted by Crippen LogP contribution is 2.37. The molecule has 0 saturated carbocycles. The number of hydrogen-bond acceptors (Lipinski definition) is 6. The van der Waals surface area contributed by atoms with Crippen molar-refractivity contribution in [1.82, 2.24) is 4.57 Å². The molecule has 0 radical (unpaired) electrons. The van der Waals surface area contributed by atoms with Crippen LogP contribution in [-0.2, 0) is 9.53 Å². The Morgan fingerprint density at radius 1 is 1.19 bits per heavy atom. The average Bonchev–Trinajstić information content (AvgIpc) is 3.11. The first-order valence-corrected chi connectivity index (χ1v) is 10.2. The number of allylic oxidation sites excluding steroid dienone is 1. The van der Waals surface area contributed by atoms with Gasteiger partial charge in [-0.2, -0.15) is 5.26 Å². The Hall–Kier alpha value is -4.03. The summed E-state index contributed by atoms with van der Waals surface area (Å²) < 4.78 is 34.9. The van der Waals surface area contributed by atoms with Gasteiger partial charge in [0.25, 0.3) is 5.56 Å². The third-order valence-corrected chi connectivity index (χ3v) is 6.19. The van der Waals surface area contributed by atoms with Crippen LogP contribution in [-0.4, -0.2) is 17.6 Å². The van der Waals surface area contributed by atoms with Crippen LogP contribution in [0.3, 0.4) is 0 Å². The number of fused-ring (bicyclic) bond motifs is 1. The fourth-order valence-electron chi connectivity index (χ4n) is 3.61. The molecule has 2 heterocycles. The number of carbonyl (C=O) groups excluding carboxylic acids is 1. The summed E-state index contributed by atoms with van der Waals surface area (Å²) in [5.41, 5.74) is 5.48. The van der Waals surface area contributed by atoms with Gasteiger partial charge in [-0.1, -0.05) is 36.4 Å². The minimum absolute atomic E-state index is 0.0409. The van der Waals surface area contributed by atoms with Crippen molar-refractivity contribution in [1.29, 1.82) is 5.26 Å². The van der Waals surface area contributed by atoms with Crippen molar-refractivity contribution in [3.63, 3.8) is 0 Å². The lowest BCUT2D eigenvalue weighted by Crippen LogP contribution is -2.40. The van der Waals surface area contributed by atoms with E-state index in [2.05, 4.69) is 0 Å². The fourth-order valence-corrected chi connectivity index (χ4v) is 4.76. The van der Waals surface area contributed by atoms with Gasteiger partial charge in [0, 0.05) is 11.1 Å². The van der Waals surface area contributed by atoms with Gasteiger partial charge in [-0.15, -0.1) is 11.3 Å². The summed E-state index contributed by atoms with van der Waals surface area (Å²) in [5, 5.41) is 9.81. The number of thiazole rings is 1. The number of benzene rings is 2. The molecule has 1 atom stereocenters. The molecule has 1 aliphatic rings. The zero-order valence-electron chi connectivity index (χ0n) is 16.6. The first-order chi connectivity index (χ1) is 15.4. The number of ether oxygens (including phenoxy) is 1. The molecule has 1 aromatic heterocycles. The number of carbonyl (C=O) groups is 1. The SMILES string of the molecule is COC(=O)C1=c2s/c(=C\c3ccccc3F)c(=O)n2C(N)=C(C#N)[C@H]1c1ccccc1F. The molecule has 2 N–H and O–H groups in total. The summed E-state index contributed by atoms with van der Waals surface area (Å²) in [5.74, 6) is -3.42. The number of hydrogen-bond donors (Lipinski definition) is 1. The minimum Gasteiger partial charge on any atom is -0.466 e. The Kier molecular flexibility index (Phi) is 5.47. The van der Waals surface area contributed by atoms with Crippen LogP contribution in [0.4, 0.5) is 8.78 Å². The number of rotatable bonds is 3. The maximum Gasteiger partial charge on any atom is 0.337 e. The van der Waals surface area contributed by atoms with Gasteiger partial charge in [-0.25, -0.2) is 13.6 Å². The number of nitrogens with two attached hydrogens (primary N) is 1. The highest BCUT2D eigenvalue weighted by Gasteiger charge is 2.37. The van der Waals surface area contributed by atoms with E-state index in [1.165, 1.54) is 42.5 Å². The predicted molar refractivity (Wildman–Crippen MR) is 115 cm³/mol. The van der Waals surface area contributed by atoms with Crippen LogP contribution in [0.15, 0.2) is 58.9 Å². The van der Waals surface area contributed by atoms with E-state index < -0.39 is 29.1 Å². The number of esters is 1. The predicted octanol–water partition coefficient (Wildman–Crippen LogP) is 1.79. The van der Waals surface area contributed by atoms with Gasteiger partial charge in [0.15, 0.2) is 0 Å². The first kappa shape index (κ1) is 21.2. The number of halogens is 2. The van der Waals surface area contributed by atoms with Gasteiger partial charge >= 0.3 is 5.97 Å². The molecule has 0 saturated heterocycles. The quantitative estimate of drug-likeness (QED) is 0.613. The lowest BCUT2D eigenvalue weighted by Gasteiger charge is -2.24. The van der Waals surface area contributed by atoms with Crippen LogP contribution in [0.25, 0.3) is 17.5 Å². The molecule has 0 unspecified atom stereocenters. The zero-order valence-corrected chi connectivity index (χ0v) is 17.5. The number of aromatic nitrogens is 1. The summed E-state index contributed by atoms with van der Waals surface area (Å²) in [6.07, 6.45) is 1.33. The summed E-state index contributed by atoms with van der Waals surface area (Å²) in [7, 11) is 1.14. The molecule has 2 aromatic carbocycles. The molecule has 0 fully saturated rings. The van der Waals surface area contributed by atoms with E-state index in [1.54, 1.807) is 12.1 Å². The van der Waals surface area contributed by atoms with E-state index in [-0.39, 0.29) is 37.3 Å². The summed E-state index contributed by atoms with van der Waals surface area (Å²) in [6.45, 7) is 0. The van der Waals surface area contributed by atoms with Crippen LogP contribution >= 0.6 is 11.3 Å². The number of nitriles is 1. The number of nitrogens with zero attached hydrogens (tertiary/aromatic N) is 2. The van der Waals surface area contributed by atoms with Gasteiger partial charge in [-0.3, -0.25) is 9.36 Å². The van der Waals surface area contributed by atoms with Gasteiger partial charge in [0.05, 0.1) is 34.8 Å². The molecule has 0 bridgehead atoms. The minimum atomic E-state index is -1.17. The standard InChI is InChI=1S/C23H15F2N3O3S/c1-31-23(30)19-18(13-7-3-5-9-16(13)25)14(11-26)20(27)28-21(29)17(32-22(19)28)10-12-6-2-4-8-15(12)24/h2-10,18H,27H2,1H3/b17-10-/t18-/m1/s1. The zero-order chi connectivity index (χ0) is 23.0. The smallest absolute Gasteiger partial charge is 0.337 e. The summed E-state index contributed by atoms with van der Waals surface area (Å²) in [6, 6.07) is 13.4. The van der Waals surface area contributed by atoms with Gasteiger partial charge in [0.2, 0.25) is 0 Å². The van der Waals surface area contributed by atoms with Crippen molar-refractivity contribution in [2.75, 3.05) is 7.11 Å². The number of methoxy groups -OCH3 is 1. The Morgan fingerprint density at radius 3 is 2.47 bits per heavy atom. The molecule has 4 rings (SSSR count). The molecule has 0 aliphatic carbocycles. The highest BCUT2D eigenvalue weighted by atomic mass is 32.1. The molecule has 0 amide bonds. The molecule has 9 heteroatoms. The molecular weight excluding hydrogens is 436 g/mol. The fraction of sp³-hybridized carbons (Fsp3) is 0.0870. The van der Waals surface area contributed by atoms with Crippen LogP contribution in [0.1, 0.15) is 17.0 Å². The molecule has 32 heavy (non-hydrogen) atoms. The maximum absolute atomic E-state index is 14.7.